The van der Waals surface area contributed by atoms with E-state index in [4.69, 9.17) is 0 Å². The normalized spacial score (nSPS) is 10.4. The number of nitrogens with zero attached hydrogens (tertiary/aromatic N) is 1. The van der Waals surface area contributed by atoms with Crippen molar-refractivity contribution >= 4 is 23.2 Å². The Balaban J connectivity index is 1.76. The number of nitrogens with one attached hydrogen (secondary N) is 2. The van der Waals surface area contributed by atoms with Crippen LogP contribution in [0.2, 0.25) is 0 Å². The first-order valence-corrected chi connectivity index (χ1v) is 9.99. The molecule has 0 saturated heterocycles. The molecular weight excluding hydrogens is 350 g/mol. The molecule has 0 spiro atoms. The van der Waals surface area contributed by atoms with E-state index < -0.39 is 0 Å². The quantitative estimate of drug-likeness (QED) is 0.484. The van der Waals surface area contributed by atoms with E-state index in [0.717, 1.165) is 42.9 Å². The molecule has 0 heterocycles. The Labute approximate surface area is 168 Å². The van der Waals surface area contributed by atoms with Gasteiger partial charge >= 0.3 is 0 Å². The van der Waals surface area contributed by atoms with Gasteiger partial charge in [-0.1, -0.05) is 30.3 Å². The molecule has 0 fully saturated rings. The zero-order chi connectivity index (χ0) is 20.4. The Morgan fingerprint density at radius 3 is 2.32 bits per heavy atom. The minimum Gasteiger partial charge on any atom is -0.372 e. The van der Waals surface area contributed by atoms with Gasteiger partial charge in [-0.05, 0) is 62.9 Å². The number of carbonyl (C=O) groups excluding carboxylic acids is 2. The lowest BCUT2D eigenvalue weighted by Crippen LogP contribution is -2.29. The number of aryl methyl sites for hydroxylation is 2. The predicted molar refractivity (Wildman–Crippen MR) is 116 cm³/mol. The molecule has 2 N–H and O–H groups in total. The van der Waals surface area contributed by atoms with Gasteiger partial charge in [0.05, 0.1) is 0 Å². The highest BCUT2D eigenvalue weighted by molar-refractivity contribution is 6.03. The van der Waals surface area contributed by atoms with E-state index in [1.807, 2.05) is 37.3 Å². The van der Waals surface area contributed by atoms with Crippen LogP contribution in [0, 0.1) is 6.92 Å². The van der Waals surface area contributed by atoms with E-state index in [-0.39, 0.29) is 18.2 Å². The molecule has 0 aliphatic heterocycles. The zero-order valence-corrected chi connectivity index (χ0v) is 17.1. The average molecular weight is 382 g/mol. The highest BCUT2D eigenvalue weighted by Crippen LogP contribution is 2.22. The van der Waals surface area contributed by atoms with E-state index in [1.165, 1.54) is 5.56 Å². The van der Waals surface area contributed by atoms with Gasteiger partial charge in [0.25, 0.3) is 0 Å². The minimum atomic E-state index is -0.292. The Morgan fingerprint density at radius 2 is 1.68 bits per heavy atom. The van der Waals surface area contributed by atoms with Crippen LogP contribution >= 0.6 is 0 Å². The molecule has 150 valence electrons. The van der Waals surface area contributed by atoms with Gasteiger partial charge in [0.2, 0.25) is 11.8 Å². The second kappa shape index (κ2) is 11.1. The molecule has 0 aliphatic carbocycles. The summed E-state index contributed by atoms with van der Waals surface area (Å²) in [7, 11) is 0. The van der Waals surface area contributed by atoms with Gasteiger partial charge in [0, 0.05) is 31.0 Å². The van der Waals surface area contributed by atoms with E-state index in [1.54, 1.807) is 0 Å². The van der Waals surface area contributed by atoms with E-state index in [0.29, 0.717) is 6.54 Å². The van der Waals surface area contributed by atoms with Crippen molar-refractivity contribution in [2.24, 2.45) is 0 Å². The van der Waals surface area contributed by atoms with Gasteiger partial charge in [0.15, 0.2) is 0 Å². The Morgan fingerprint density at radius 1 is 0.964 bits per heavy atom. The predicted octanol–water partition coefficient (Wildman–Crippen LogP) is 3.92. The monoisotopic (exact) mass is 381 g/mol. The summed E-state index contributed by atoms with van der Waals surface area (Å²) in [5.74, 6) is -0.540. The molecule has 2 amide bonds. The third kappa shape index (κ3) is 6.72. The summed E-state index contributed by atoms with van der Waals surface area (Å²) in [6, 6.07) is 16.1. The van der Waals surface area contributed by atoms with Gasteiger partial charge in [-0.3, -0.25) is 9.59 Å². The summed E-state index contributed by atoms with van der Waals surface area (Å²) < 4.78 is 0. The van der Waals surface area contributed by atoms with Gasteiger partial charge in [0.1, 0.15) is 6.42 Å². The molecule has 2 aromatic carbocycles. The van der Waals surface area contributed by atoms with Gasteiger partial charge in [-0.15, -0.1) is 0 Å². The highest BCUT2D eigenvalue weighted by atomic mass is 16.2. The maximum Gasteiger partial charge on any atom is 0.233 e. The number of carbonyl (C=O) groups is 2. The lowest BCUT2D eigenvalue weighted by atomic mass is 10.1. The summed E-state index contributed by atoms with van der Waals surface area (Å²) in [6.07, 6.45) is 1.59. The number of benzene rings is 2. The Hall–Kier alpha value is -2.82. The maximum atomic E-state index is 12.2. The molecule has 5 nitrogen and oxygen atoms in total. The number of amides is 2. The molecule has 0 bridgehead atoms. The van der Waals surface area contributed by atoms with Crippen molar-refractivity contribution in [3.8, 4) is 0 Å². The number of rotatable bonds is 10. The van der Waals surface area contributed by atoms with Crippen molar-refractivity contribution in [2.75, 3.05) is 29.9 Å². The van der Waals surface area contributed by atoms with Crippen molar-refractivity contribution in [3.05, 3.63) is 59.7 Å². The van der Waals surface area contributed by atoms with Crippen LogP contribution in [0.25, 0.3) is 0 Å². The molecule has 28 heavy (non-hydrogen) atoms. The summed E-state index contributed by atoms with van der Waals surface area (Å²) in [5.41, 5.74) is 4.12. The molecular formula is C23H31N3O2. The fraction of sp³-hybridized carbons (Fsp3) is 0.391. The van der Waals surface area contributed by atoms with Crippen molar-refractivity contribution in [2.45, 2.75) is 40.0 Å². The molecule has 5 heteroatoms. The second-order valence-electron chi connectivity index (χ2n) is 6.84. The van der Waals surface area contributed by atoms with Crippen molar-refractivity contribution in [1.29, 1.82) is 0 Å². The molecule has 0 atom stereocenters. The number of hydrogen-bond acceptors (Lipinski definition) is 3. The topological polar surface area (TPSA) is 61.4 Å². The van der Waals surface area contributed by atoms with Crippen LogP contribution in [-0.4, -0.2) is 31.4 Å². The summed E-state index contributed by atoms with van der Waals surface area (Å²) >= 11 is 0. The third-order valence-corrected chi connectivity index (χ3v) is 4.74. The van der Waals surface area contributed by atoms with E-state index in [2.05, 4.69) is 47.6 Å². The maximum absolute atomic E-state index is 12.2. The van der Waals surface area contributed by atoms with Crippen LogP contribution in [0.3, 0.4) is 0 Å². The van der Waals surface area contributed by atoms with Crippen molar-refractivity contribution < 1.29 is 9.59 Å². The molecule has 0 unspecified atom stereocenters. The molecule has 2 aromatic rings. The van der Waals surface area contributed by atoms with Crippen LogP contribution in [-0.2, 0) is 16.0 Å². The largest absolute Gasteiger partial charge is 0.372 e. The Kier molecular flexibility index (Phi) is 8.53. The first-order valence-electron chi connectivity index (χ1n) is 9.99. The molecule has 0 saturated carbocycles. The molecule has 0 aliphatic rings. The minimum absolute atomic E-state index is 0.164. The average Bonchev–Trinajstić information content (AvgIpc) is 2.69. The summed E-state index contributed by atoms with van der Waals surface area (Å²) in [4.78, 5) is 26.4. The summed E-state index contributed by atoms with van der Waals surface area (Å²) in [5, 5.41) is 5.66. The number of anilines is 2. The van der Waals surface area contributed by atoms with E-state index >= 15 is 0 Å². The molecule has 0 aromatic heterocycles. The number of hydrogen-bond donors (Lipinski definition) is 2. The van der Waals surface area contributed by atoms with E-state index in [9.17, 15) is 9.59 Å². The van der Waals surface area contributed by atoms with Gasteiger partial charge in [-0.2, -0.15) is 0 Å². The van der Waals surface area contributed by atoms with Gasteiger partial charge in [-0.25, -0.2) is 0 Å². The first-order chi connectivity index (χ1) is 13.5. The smallest absolute Gasteiger partial charge is 0.233 e. The Bertz CT molecular complexity index is 771. The lowest BCUT2D eigenvalue weighted by molar-refractivity contribution is -0.126. The van der Waals surface area contributed by atoms with Gasteiger partial charge < -0.3 is 15.5 Å². The van der Waals surface area contributed by atoms with Crippen LogP contribution in [0.5, 0.6) is 0 Å². The third-order valence-electron chi connectivity index (χ3n) is 4.74. The summed E-state index contributed by atoms with van der Waals surface area (Å²) in [6.45, 7) is 8.64. The first kappa shape index (κ1) is 21.5. The second-order valence-corrected chi connectivity index (χ2v) is 6.84. The molecule has 2 rings (SSSR count). The zero-order valence-electron chi connectivity index (χ0n) is 17.1. The lowest BCUT2D eigenvalue weighted by Gasteiger charge is -2.22. The van der Waals surface area contributed by atoms with Crippen LogP contribution < -0.4 is 15.5 Å². The fourth-order valence-electron chi connectivity index (χ4n) is 3.14. The van der Waals surface area contributed by atoms with Crippen LogP contribution in [0.1, 0.15) is 37.8 Å². The SMILES string of the molecule is CCN(CC)c1ccc(NC(=O)CC(=O)NCCCc2ccccc2)c(C)c1. The van der Waals surface area contributed by atoms with Crippen molar-refractivity contribution in [1.82, 2.24) is 5.32 Å². The standard InChI is InChI=1S/C23H31N3O2/c1-4-26(5-2)20-13-14-21(18(3)16-20)25-23(28)17-22(27)24-15-9-12-19-10-7-6-8-11-19/h6-8,10-11,13-14,16H,4-5,9,12,15,17H2,1-3H3,(H,24,27)(H,25,28). The highest BCUT2D eigenvalue weighted by Gasteiger charge is 2.11. The van der Waals surface area contributed by atoms with Crippen LogP contribution in [0.4, 0.5) is 11.4 Å². The van der Waals surface area contributed by atoms with Crippen LogP contribution in [0.15, 0.2) is 48.5 Å². The van der Waals surface area contributed by atoms with Crippen molar-refractivity contribution in [3.63, 3.8) is 0 Å². The molecule has 0 radical (unpaired) electrons. The fourth-order valence-corrected chi connectivity index (χ4v) is 3.14.